The van der Waals surface area contributed by atoms with Crippen molar-refractivity contribution in [3.8, 4) is 0 Å². The highest BCUT2D eigenvalue weighted by molar-refractivity contribution is 6.09. The second-order valence-electron chi connectivity index (χ2n) is 5.54. The summed E-state index contributed by atoms with van der Waals surface area (Å²) in [6.07, 6.45) is 0. The minimum atomic E-state index is -0.230. The van der Waals surface area contributed by atoms with Crippen molar-refractivity contribution in [1.29, 1.82) is 0 Å². The second kappa shape index (κ2) is 4.60. The highest BCUT2D eigenvalue weighted by Gasteiger charge is 2.19. The van der Waals surface area contributed by atoms with E-state index < -0.39 is 0 Å². The normalized spacial score (nSPS) is 11.4. The van der Waals surface area contributed by atoms with Gasteiger partial charge in [-0.1, -0.05) is 36.4 Å². The molecule has 0 aliphatic rings. The Hall–Kier alpha value is -2.81. The molecule has 0 saturated carbocycles. The van der Waals surface area contributed by atoms with Gasteiger partial charge in [-0.3, -0.25) is 4.79 Å². The van der Waals surface area contributed by atoms with Crippen LogP contribution in [-0.4, -0.2) is 5.78 Å². The van der Waals surface area contributed by atoms with E-state index in [1.165, 1.54) is 0 Å². The van der Waals surface area contributed by atoms with Crippen molar-refractivity contribution in [3.63, 3.8) is 0 Å². The Morgan fingerprint density at radius 3 is 1.64 bits per heavy atom. The molecule has 0 N–H and O–H groups in total. The van der Waals surface area contributed by atoms with Crippen LogP contribution in [0.3, 0.4) is 0 Å². The zero-order chi connectivity index (χ0) is 15.3. The first kappa shape index (κ1) is 12.9. The summed E-state index contributed by atoms with van der Waals surface area (Å²) in [5.74, 6) is 0.383. The van der Waals surface area contributed by atoms with Crippen LogP contribution in [0.15, 0.2) is 57.4 Å². The predicted molar refractivity (Wildman–Crippen MR) is 85.3 cm³/mol. The average molecular weight is 290 g/mol. The van der Waals surface area contributed by atoms with Crippen LogP contribution in [0, 0.1) is 13.8 Å². The molecule has 3 nitrogen and oxygen atoms in total. The predicted octanol–water partition coefficient (Wildman–Crippen LogP) is 5.03. The maximum Gasteiger partial charge on any atom is 0.263 e. The summed E-state index contributed by atoms with van der Waals surface area (Å²) in [6, 6.07) is 15.2. The molecule has 0 amide bonds. The van der Waals surface area contributed by atoms with Crippen molar-refractivity contribution in [2.45, 2.75) is 13.8 Å². The Labute approximate surface area is 127 Å². The van der Waals surface area contributed by atoms with Gasteiger partial charge in [0, 0.05) is 10.8 Å². The molecule has 0 radical (unpaired) electrons. The number of benzene rings is 2. The fourth-order valence-corrected chi connectivity index (χ4v) is 2.76. The van der Waals surface area contributed by atoms with Gasteiger partial charge in [0.2, 0.25) is 0 Å². The minimum absolute atomic E-state index is 0.230. The van der Waals surface area contributed by atoms with E-state index >= 15 is 0 Å². The quantitative estimate of drug-likeness (QED) is 0.486. The lowest BCUT2D eigenvalue weighted by Crippen LogP contribution is -1.96. The Morgan fingerprint density at radius 1 is 0.773 bits per heavy atom. The minimum Gasteiger partial charge on any atom is -0.452 e. The van der Waals surface area contributed by atoms with E-state index in [0.29, 0.717) is 11.5 Å². The highest BCUT2D eigenvalue weighted by atomic mass is 16.4. The Balaban J connectivity index is 1.84. The summed E-state index contributed by atoms with van der Waals surface area (Å²) >= 11 is 0. The van der Waals surface area contributed by atoms with Crippen molar-refractivity contribution in [1.82, 2.24) is 0 Å². The largest absolute Gasteiger partial charge is 0.452 e. The SMILES string of the molecule is Cc1cccc2cc(C(=O)c3cc4cccc(C)c4o3)oc12. The van der Waals surface area contributed by atoms with Gasteiger partial charge in [0.1, 0.15) is 11.2 Å². The van der Waals surface area contributed by atoms with Gasteiger partial charge in [0.15, 0.2) is 11.5 Å². The van der Waals surface area contributed by atoms with Crippen LogP contribution in [0.4, 0.5) is 0 Å². The number of para-hydroxylation sites is 2. The molecule has 0 bridgehead atoms. The molecule has 0 unspecified atom stereocenters. The van der Waals surface area contributed by atoms with Crippen molar-refractivity contribution in [2.75, 3.05) is 0 Å². The number of aryl methyl sites for hydroxylation is 2. The summed E-state index contributed by atoms with van der Waals surface area (Å²) in [5.41, 5.74) is 3.52. The molecule has 2 aromatic heterocycles. The van der Waals surface area contributed by atoms with E-state index in [9.17, 15) is 4.79 Å². The molecule has 0 saturated heterocycles. The lowest BCUT2D eigenvalue weighted by Gasteiger charge is -1.93. The molecule has 0 fully saturated rings. The van der Waals surface area contributed by atoms with Crippen LogP contribution in [0.25, 0.3) is 21.9 Å². The van der Waals surface area contributed by atoms with Gasteiger partial charge in [-0.2, -0.15) is 0 Å². The van der Waals surface area contributed by atoms with Crippen LogP contribution < -0.4 is 0 Å². The molecule has 0 spiro atoms. The smallest absolute Gasteiger partial charge is 0.263 e. The molecule has 108 valence electrons. The maximum atomic E-state index is 12.6. The topological polar surface area (TPSA) is 43.4 Å². The van der Waals surface area contributed by atoms with Crippen LogP contribution in [0.5, 0.6) is 0 Å². The molecular weight excluding hydrogens is 276 g/mol. The molecule has 0 atom stereocenters. The van der Waals surface area contributed by atoms with Crippen LogP contribution in [-0.2, 0) is 0 Å². The van der Waals surface area contributed by atoms with Gasteiger partial charge < -0.3 is 8.83 Å². The number of fused-ring (bicyclic) bond motifs is 2. The molecule has 0 aliphatic carbocycles. The monoisotopic (exact) mass is 290 g/mol. The number of carbonyl (C=O) groups excluding carboxylic acids is 1. The number of carbonyl (C=O) groups is 1. The van der Waals surface area contributed by atoms with E-state index in [2.05, 4.69) is 0 Å². The van der Waals surface area contributed by atoms with E-state index in [-0.39, 0.29) is 5.78 Å². The molecule has 4 rings (SSSR count). The number of rotatable bonds is 2. The van der Waals surface area contributed by atoms with Crippen LogP contribution in [0.1, 0.15) is 27.4 Å². The van der Waals surface area contributed by atoms with Gasteiger partial charge in [-0.25, -0.2) is 0 Å². The lowest BCUT2D eigenvalue weighted by atomic mass is 10.1. The maximum absolute atomic E-state index is 12.6. The van der Waals surface area contributed by atoms with Crippen LogP contribution >= 0.6 is 0 Å². The van der Waals surface area contributed by atoms with Gasteiger partial charge in [-0.05, 0) is 37.1 Å². The summed E-state index contributed by atoms with van der Waals surface area (Å²) in [6.45, 7) is 3.93. The molecular formula is C19H14O3. The zero-order valence-electron chi connectivity index (χ0n) is 12.3. The Kier molecular flexibility index (Phi) is 2.70. The number of ketones is 1. The van der Waals surface area contributed by atoms with Crippen LogP contribution in [0.2, 0.25) is 0 Å². The fraction of sp³-hybridized carbons (Fsp3) is 0.105. The first-order valence-corrected chi connectivity index (χ1v) is 7.16. The van der Waals surface area contributed by atoms with Gasteiger partial charge in [0.25, 0.3) is 5.78 Å². The standard InChI is InChI=1S/C19H14O3/c1-11-5-3-7-13-9-15(21-18(11)13)17(20)16-10-14-8-4-6-12(2)19(14)22-16/h3-10H,1-2H3. The number of hydrogen-bond acceptors (Lipinski definition) is 3. The Bertz CT molecular complexity index is 936. The zero-order valence-corrected chi connectivity index (χ0v) is 12.3. The van der Waals surface area contributed by atoms with E-state index in [0.717, 1.165) is 33.1 Å². The third kappa shape index (κ3) is 1.86. The first-order chi connectivity index (χ1) is 10.6. The summed E-state index contributed by atoms with van der Waals surface area (Å²) in [5, 5.41) is 1.85. The van der Waals surface area contributed by atoms with E-state index in [4.69, 9.17) is 8.83 Å². The van der Waals surface area contributed by atoms with E-state index in [1.54, 1.807) is 12.1 Å². The number of hydrogen-bond donors (Lipinski definition) is 0. The van der Waals surface area contributed by atoms with Gasteiger partial charge in [-0.15, -0.1) is 0 Å². The van der Waals surface area contributed by atoms with Crippen molar-refractivity contribution < 1.29 is 13.6 Å². The molecule has 0 aliphatic heterocycles. The fourth-order valence-electron chi connectivity index (χ4n) is 2.76. The molecule has 2 aromatic carbocycles. The third-order valence-electron chi connectivity index (χ3n) is 3.93. The van der Waals surface area contributed by atoms with Crippen molar-refractivity contribution in [3.05, 3.63) is 71.2 Å². The van der Waals surface area contributed by atoms with Gasteiger partial charge >= 0.3 is 0 Å². The molecule has 2 heterocycles. The molecule has 4 aromatic rings. The van der Waals surface area contributed by atoms with Crippen molar-refractivity contribution >= 4 is 27.7 Å². The summed E-state index contributed by atoms with van der Waals surface area (Å²) < 4.78 is 11.5. The Morgan fingerprint density at radius 2 is 1.23 bits per heavy atom. The molecule has 22 heavy (non-hydrogen) atoms. The molecule has 3 heteroatoms. The third-order valence-corrected chi connectivity index (χ3v) is 3.93. The summed E-state index contributed by atoms with van der Waals surface area (Å²) in [4.78, 5) is 12.6. The highest BCUT2D eigenvalue weighted by Crippen LogP contribution is 2.27. The van der Waals surface area contributed by atoms with E-state index in [1.807, 2.05) is 50.2 Å². The van der Waals surface area contributed by atoms with Crippen molar-refractivity contribution in [2.24, 2.45) is 0 Å². The van der Waals surface area contributed by atoms with Gasteiger partial charge in [0.05, 0.1) is 0 Å². The average Bonchev–Trinajstić information content (AvgIpc) is 3.11. The second-order valence-corrected chi connectivity index (χ2v) is 5.54. The lowest BCUT2D eigenvalue weighted by molar-refractivity contribution is 0.0987. The summed E-state index contributed by atoms with van der Waals surface area (Å²) in [7, 11) is 0. The number of furan rings is 2. The first-order valence-electron chi connectivity index (χ1n) is 7.16.